The average molecular weight is 329 g/mol. The minimum atomic E-state index is -1.70. The highest BCUT2D eigenvalue weighted by Crippen LogP contribution is 2.43. The molecule has 0 aliphatic rings. The fourth-order valence-electron chi connectivity index (χ4n) is 3.16. The normalized spacial score (nSPS) is 12.7. The summed E-state index contributed by atoms with van der Waals surface area (Å²) in [6.07, 6.45) is 2.13. The van der Waals surface area contributed by atoms with E-state index in [0.29, 0.717) is 0 Å². The van der Waals surface area contributed by atoms with E-state index >= 15 is 0 Å². The molecule has 0 aromatic heterocycles. The molecule has 0 saturated carbocycles. The minimum Gasteiger partial charge on any atom is -0.546 e. The molecule has 0 heterocycles. The third kappa shape index (κ3) is 4.28. The molecule has 0 saturated heterocycles. The van der Waals surface area contributed by atoms with Gasteiger partial charge in [-0.2, -0.15) is 0 Å². The lowest BCUT2D eigenvalue weighted by Gasteiger charge is -2.38. The Kier molecular flexibility index (Phi) is 7.12. The van der Waals surface area contributed by atoms with Gasteiger partial charge in [-0.15, -0.1) is 5.73 Å². The summed E-state index contributed by atoms with van der Waals surface area (Å²) in [5.74, 6) is 1.06. The maximum atomic E-state index is 6.72. The van der Waals surface area contributed by atoms with Crippen molar-refractivity contribution in [2.24, 2.45) is 5.41 Å². The third-order valence-electron chi connectivity index (χ3n) is 5.00. The second-order valence-electron chi connectivity index (χ2n) is 6.54. The quantitative estimate of drug-likeness (QED) is 0.289. The second kappa shape index (κ2) is 8.38. The number of hydrogen-bond donors (Lipinski definition) is 0. The molecule has 2 heteroatoms. The molecule has 1 rings (SSSR count). The van der Waals surface area contributed by atoms with Crippen molar-refractivity contribution in [1.82, 2.24) is 0 Å². The zero-order valence-corrected chi connectivity index (χ0v) is 16.7. The highest BCUT2D eigenvalue weighted by molar-refractivity contribution is 6.73. The largest absolute Gasteiger partial charge is 0.546 e. The van der Waals surface area contributed by atoms with Crippen LogP contribution in [0.2, 0.25) is 18.1 Å². The first-order chi connectivity index (χ1) is 10.9. The van der Waals surface area contributed by atoms with Crippen LogP contribution in [0, 0.1) is 5.41 Å². The van der Waals surface area contributed by atoms with Crippen LogP contribution in [0.15, 0.2) is 54.5 Å². The van der Waals surface area contributed by atoms with E-state index in [0.717, 1.165) is 35.0 Å². The molecule has 0 unspecified atom stereocenters. The molecule has 0 N–H and O–H groups in total. The fraction of sp³-hybridized carbons (Fsp3) is 0.476. The van der Waals surface area contributed by atoms with E-state index in [2.05, 4.69) is 84.2 Å². The number of benzene rings is 1. The van der Waals surface area contributed by atoms with Crippen LogP contribution >= 0.6 is 0 Å². The van der Waals surface area contributed by atoms with Gasteiger partial charge >= 0.3 is 0 Å². The van der Waals surface area contributed by atoms with Gasteiger partial charge in [0.1, 0.15) is 0 Å². The molecule has 0 fully saturated rings. The smallest absolute Gasteiger partial charge is 0.250 e. The Balaban J connectivity index is 3.25. The Labute approximate surface area is 143 Å². The second-order valence-corrected chi connectivity index (χ2v) is 11.2. The Morgan fingerprint density at radius 2 is 1.65 bits per heavy atom. The van der Waals surface area contributed by atoms with E-state index < -0.39 is 8.32 Å². The molecule has 0 radical (unpaired) electrons. The lowest BCUT2D eigenvalue weighted by molar-refractivity contribution is 0.312. The van der Waals surface area contributed by atoms with Crippen LogP contribution in [0.1, 0.15) is 47.1 Å². The minimum absolute atomic E-state index is 0.240. The standard InChI is InChI=1S/C21H32OSi/c1-8-19(18-16-14-13-15-17-18)21(6,7)20(9-2)22-23(10-3,11-4)12-5/h9,13-17H,1,10-12H2,2-7H3/b20-9-. The van der Waals surface area contributed by atoms with E-state index in [1.807, 2.05) is 6.07 Å². The monoisotopic (exact) mass is 328 g/mol. The number of allylic oxidation sites excluding steroid dienone is 2. The van der Waals surface area contributed by atoms with Gasteiger partial charge in [0.25, 0.3) is 0 Å². The van der Waals surface area contributed by atoms with Gasteiger partial charge in [-0.25, -0.2) is 0 Å². The Morgan fingerprint density at radius 1 is 1.13 bits per heavy atom. The average Bonchev–Trinajstić information content (AvgIpc) is 2.58. The van der Waals surface area contributed by atoms with Gasteiger partial charge in [0, 0.05) is 5.57 Å². The highest BCUT2D eigenvalue weighted by Gasteiger charge is 2.37. The van der Waals surface area contributed by atoms with Crippen LogP contribution in [0.4, 0.5) is 0 Å². The van der Waals surface area contributed by atoms with Crippen molar-refractivity contribution < 1.29 is 4.43 Å². The van der Waals surface area contributed by atoms with Crippen LogP contribution in [0.25, 0.3) is 5.57 Å². The molecule has 1 aromatic rings. The first kappa shape index (κ1) is 19.5. The third-order valence-corrected chi connectivity index (χ3v) is 9.52. The molecule has 0 atom stereocenters. The molecular weight excluding hydrogens is 296 g/mol. The van der Waals surface area contributed by atoms with Crippen molar-refractivity contribution in [2.75, 3.05) is 0 Å². The first-order valence-electron chi connectivity index (χ1n) is 8.72. The van der Waals surface area contributed by atoms with Crippen molar-refractivity contribution in [2.45, 2.75) is 59.7 Å². The summed E-state index contributed by atoms with van der Waals surface area (Å²) >= 11 is 0. The van der Waals surface area contributed by atoms with Gasteiger partial charge in [-0.3, -0.25) is 0 Å². The van der Waals surface area contributed by atoms with Gasteiger partial charge < -0.3 is 4.43 Å². The van der Waals surface area contributed by atoms with E-state index in [4.69, 9.17) is 4.43 Å². The lowest BCUT2D eigenvalue weighted by atomic mass is 9.79. The topological polar surface area (TPSA) is 9.23 Å². The van der Waals surface area contributed by atoms with Crippen molar-refractivity contribution in [1.29, 1.82) is 0 Å². The summed E-state index contributed by atoms with van der Waals surface area (Å²) in [6, 6.07) is 13.8. The fourth-order valence-corrected chi connectivity index (χ4v) is 5.93. The predicted octanol–water partition coefficient (Wildman–Crippen LogP) is 6.81. The highest BCUT2D eigenvalue weighted by atomic mass is 28.4. The molecule has 0 amide bonds. The summed E-state index contributed by atoms with van der Waals surface area (Å²) in [6.45, 7) is 17.2. The molecule has 126 valence electrons. The van der Waals surface area contributed by atoms with Crippen molar-refractivity contribution in [3.63, 3.8) is 0 Å². The van der Waals surface area contributed by atoms with Crippen LogP contribution in [0.5, 0.6) is 0 Å². The summed E-state index contributed by atoms with van der Waals surface area (Å²) in [5.41, 5.74) is 5.19. The van der Waals surface area contributed by atoms with E-state index in [-0.39, 0.29) is 5.41 Å². The van der Waals surface area contributed by atoms with E-state index in [9.17, 15) is 0 Å². The zero-order valence-electron chi connectivity index (χ0n) is 15.7. The van der Waals surface area contributed by atoms with Crippen molar-refractivity contribution >= 4 is 13.9 Å². The molecule has 1 aromatic carbocycles. The number of rotatable bonds is 8. The summed E-state index contributed by atoms with van der Waals surface area (Å²) in [5, 5.41) is 0. The maximum Gasteiger partial charge on any atom is 0.250 e. The SMILES string of the molecule is C=C=C(c1ccccc1)C(C)(C)/C(=C/C)O[Si](CC)(CC)CC. The van der Waals surface area contributed by atoms with Crippen molar-refractivity contribution in [3.05, 3.63) is 60.0 Å². The first-order valence-corrected chi connectivity index (χ1v) is 11.3. The molecule has 0 spiro atoms. The zero-order chi connectivity index (χ0) is 17.5. The number of hydrogen-bond acceptors (Lipinski definition) is 1. The molecule has 23 heavy (non-hydrogen) atoms. The van der Waals surface area contributed by atoms with Gasteiger partial charge in [0.15, 0.2) is 0 Å². The van der Waals surface area contributed by atoms with Gasteiger partial charge in [0.05, 0.1) is 11.2 Å². The Morgan fingerprint density at radius 3 is 2.04 bits per heavy atom. The van der Waals surface area contributed by atoms with E-state index in [1.54, 1.807) is 0 Å². The molecule has 1 nitrogen and oxygen atoms in total. The lowest BCUT2D eigenvalue weighted by Crippen LogP contribution is -2.38. The summed E-state index contributed by atoms with van der Waals surface area (Å²) < 4.78 is 6.72. The van der Waals surface area contributed by atoms with Crippen LogP contribution < -0.4 is 0 Å². The van der Waals surface area contributed by atoms with Gasteiger partial charge in [-0.1, -0.05) is 63.8 Å². The predicted molar refractivity (Wildman–Crippen MR) is 105 cm³/mol. The molecular formula is C21H32OSi. The molecule has 0 aliphatic heterocycles. The van der Waals surface area contributed by atoms with Gasteiger partial charge in [0.2, 0.25) is 8.32 Å². The Bertz CT molecular complexity index is 565. The van der Waals surface area contributed by atoms with Crippen LogP contribution in [-0.2, 0) is 4.43 Å². The summed E-state index contributed by atoms with van der Waals surface area (Å²) in [4.78, 5) is 0. The van der Waals surface area contributed by atoms with Crippen molar-refractivity contribution in [3.8, 4) is 0 Å². The van der Waals surface area contributed by atoms with Crippen LogP contribution in [0.3, 0.4) is 0 Å². The van der Waals surface area contributed by atoms with Crippen LogP contribution in [-0.4, -0.2) is 8.32 Å². The molecule has 0 bridgehead atoms. The summed E-state index contributed by atoms with van der Waals surface area (Å²) in [7, 11) is -1.70. The Hall–Kier alpha value is -1.50. The van der Waals surface area contributed by atoms with E-state index in [1.165, 1.54) is 0 Å². The van der Waals surface area contributed by atoms with Gasteiger partial charge in [-0.05, 0) is 44.5 Å². The maximum absolute atomic E-state index is 6.72. The molecule has 0 aliphatic carbocycles.